The van der Waals surface area contributed by atoms with Crippen molar-refractivity contribution in [2.75, 3.05) is 6.54 Å². The number of amides is 1. The number of benzene rings is 2. The molecule has 1 aliphatic rings. The van der Waals surface area contributed by atoms with Crippen LogP contribution in [-0.4, -0.2) is 26.5 Å². The number of nitrogens with zero attached hydrogens (tertiary/aromatic N) is 3. The average molecular weight is 393 g/mol. The van der Waals surface area contributed by atoms with E-state index in [1.165, 1.54) is 15.2 Å². The molecule has 1 saturated heterocycles. The van der Waals surface area contributed by atoms with Gasteiger partial charge in [-0.2, -0.15) is 0 Å². The quantitative estimate of drug-likeness (QED) is 0.624. The molecule has 0 N–H and O–H groups in total. The summed E-state index contributed by atoms with van der Waals surface area (Å²) in [6.45, 7) is 0.886. The van der Waals surface area contributed by atoms with Gasteiger partial charge in [-0.15, -0.1) is 0 Å². The second-order valence-corrected chi connectivity index (χ2v) is 7.20. The first-order chi connectivity index (χ1) is 14.0. The topological polar surface area (TPSA) is 64.3 Å². The molecule has 4 rings (SSSR count). The van der Waals surface area contributed by atoms with E-state index < -0.39 is 11.1 Å². The molecule has 0 saturated carbocycles. The van der Waals surface area contributed by atoms with E-state index in [2.05, 4.69) is 0 Å². The van der Waals surface area contributed by atoms with Crippen LogP contribution in [0.1, 0.15) is 12.0 Å². The summed E-state index contributed by atoms with van der Waals surface area (Å²) in [6.07, 6.45) is 3.40. The van der Waals surface area contributed by atoms with Crippen LogP contribution in [0.3, 0.4) is 0 Å². The summed E-state index contributed by atoms with van der Waals surface area (Å²) in [5, 5.41) is 0. The van der Waals surface area contributed by atoms with E-state index in [1.54, 1.807) is 59.8 Å². The molecule has 0 radical (unpaired) electrons. The average Bonchev–Trinajstić information content (AvgIpc) is 3.07. The van der Waals surface area contributed by atoms with Gasteiger partial charge in [0.15, 0.2) is 0 Å². The lowest BCUT2D eigenvalue weighted by Crippen LogP contribution is -2.41. The normalized spacial score (nSPS) is 16.4. The Hall–Kier alpha value is -3.48. The molecule has 7 heteroatoms. The fraction of sp³-hybridized carbons (Fsp3) is 0.227. The van der Waals surface area contributed by atoms with Crippen molar-refractivity contribution in [1.29, 1.82) is 0 Å². The van der Waals surface area contributed by atoms with E-state index in [0.717, 1.165) is 0 Å². The third kappa shape index (κ3) is 3.89. The van der Waals surface area contributed by atoms with Crippen molar-refractivity contribution in [2.24, 2.45) is 5.92 Å². The first-order valence-corrected chi connectivity index (χ1v) is 9.41. The van der Waals surface area contributed by atoms with Crippen LogP contribution >= 0.6 is 0 Å². The SMILES string of the molecule is O=C1CC(Cn2ccn(-c3ccccc3)c(=O)c2=O)CN1Cc1ccccc1F. The van der Waals surface area contributed by atoms with Gasteiger partial charge in [0.1, 0.15) is 5.82 Å². The highest BCUT2D eigenvalue weighted by molar-refractivity contribution is 5.78. The molecular weight excluding hydrogens is 373 g/mol. The van der Waals surface area contributed by atoms with Crippen LogP contribution in [0.15, 0.2) is 76.6 Å². The maximum Gasteiger partial charge on any atom is 0.320 e. The molecule has 6 nitrogen and oxygen atoms in total. The van der Waals surface area contributed by atoms with Gasteiger partial charge in [0, 0.05) is 55.6 Å². The van der Waals surface area contributed by atoms with E-state index in [0.29, 0.717) is 17.8 Å². The molecular formula is C22H20FN3O3. The van der Waals surface area contributed by atoms with Crippen molar-refractivity contribution >= 4 is 5.91 Å². The fourth-order valence-electron chi connectivity index (χ4n) is 3.68. The highest BCUT2D eigenvalue weighted by atomic mass is 19.1. The number of hydrogen-bond donors (Lipinski definition) is 0. The number of carbonyl (C=O) groups excluding carboxylic acids is 1. The molecule has 3 aromatic rings. The van der Waals surface area contributed by atoms with Gasteiger partial charge < -0.3 is 9.47 Å². The molecule has 1 amide bonds. The number of likely N-dealkylation sites (tertiary alicyclic amines) is 1. The Bertz CT molecular complexity index is 1150. The second kappa shape index (κ2) is 7.87. The lowest BCUT2D eigenvalue weighted by atomic mass is 10.1. The molecule has 0 bridgehead atoms. The van der Waals surface area contributed by atoms with E-state index in [4.69, 9.17) is 0 Å². The zero-order valence-electron chi connectivity index (χ0n) is 15.7. The van der Waals surface area contributed by atoms with Crippen LogP contribution in [0.5, 0.6) is 0 Å². The molecule has 1 unspecified atom stereocenters. The molecule has 148 valence electrons. The van der Waals surface area contributed by atoms with Gasteiger partial charge in [0.05, 0.1) is 0 Å². The maximum atomic E-state index is 13.9. The van der Waals surface area contributed by atoms with Gasteiger partial charge in [-0.05, 0) is 18.2 Å². The second-order valence-electron chi connectivity index (χ2n) is 7.20. The minimum atomic E-state index is -0.633. The van der Waals surface area contributed by atoms with E-state index in [-0.39, 0.29) is 37.2 Å². The Morgan fingerprint density at radius 3 is 2.38 bits per heavy atom. The lowest BCUT2D eigenvalue weighted by Gasteiger charge is -2.17. The van der Waals surface area contributed by atoms with Crippen LogP contribution in [0.4, 0.5) is 4.39 Å². The predicted molar refractivity (Wildman–Crippen MR) is 106 cm³/mol. The maximum absolute atomic E-state index is 13.9. The molecule has 1 atom stereocenters. The third-order valence-electron chi connectivity index (χ3n) is 5.16. The van der Waals surface area contributed by atoms with Crippen LogP contribution < -0.4 is 11.1 Å². The largest absolute Gasteiger partial charge is 0.338 e. The van der Waals surface area contributed by atoms with Crippen LogP contribution in [0.25, 0.3) is 5.69 Å². The number of carbonyl (C=O) groups is 1. The van der Waals surface area contributed by atoms with Gasteiger partial charge in [0.25, 0.3) is 0 Å². The van der Waals surface area contributed by atoms with Gasteiger partial charge in [-0.1, -0.05) is 36.4 Å². The number of halogens is 1. The molecule has 2 aromatic carbocycles. The Morgan fingerprint density at radius 1 is 0.897 bits per heavy atom. The fourth-order valence-corrected chi connectivity index (χ4v) is 3.68. The lowest BCUT2D eigenvalue weighted by molar-refractivity contribution is -0.128. The van der Waals surface area contributed by atoms with E-state index in [1.807, 2.05) is 6.07 Å². The van der Waals surface area contributed by atoms with Gasteiger partial charge >= 0.3 is 11.1 Å². The highest BCUT2D eigenvalue weighted by Crippen LogP contribution is 2.22. The summed E-state index contributed by atoms with van der Waals surface area (Å²) in [5.74, 6) is -0.535. The molecule has 0 spiro atoms. The minimum Gasteiger partial charge on any atom is -0.338 e. The Kier molecular flexibility index (Phi) is 5.12. The Balaban J connectivity index is 1.50. The van der Waals surface area contributed by atoms with Gasteiger partial charge in [-0.25, -0.2) is 4.39 Å². The van der Waals surface area contributed by atoms with E-state index >= 15 is 0 Å². The highest BCUT2D eigenvalue weighted by Gasteiger charge is 2.30. The summed E-state index contributed by atoms with van der Waals surface area (Å²) in [4.78, 5) is 38.9. The summed E-state index contributed by atoms with van der Waals surface area (Å²) < 4.78 is 16.5. The van der Waals surface area contributed by atoms with Crippen molar-refractivity contribution in [2.45, 2.75) is 19.5 Å². The monoisotopic (exact) mass is 393 g/mol. The van der Waals surface area contributed by atoms with Crippen molar-refractivity contribution in [3.63, 3.8) is 0 Å². The predicted octanol–water partition coefficient (Wildman–Crippen LogP) is 2.19. The Labute approximate surface area is 166 Å². The Morgan fingerprint density at radius 2 is 1.62 bits per heavy atom. The number of hydrogen-bond acceptors (Lipinski definition) is 3. The minimum absolute atomic E-state index is 0.0797. The number of rotatable bonds is 5. The third-order valence-corrected chi connectivity index (χ3v) is 5.16. The molecule has 29 heavy (non-hydrogen) atoms. The molecule has 1 aliphatic heterocycles. The number of aromatic nitrogens is 2. The van der Waals surface area contributed by atoms with Crippen molar-refractivity contribution in [1.82, 2.24) is 14.0 Å². The summed E-state index contributed by atoms with van der Waals surface area (Å²) >= 11 is 0. The standard InChI is InChI=1S/C22H20FN3O3/c23-19-9-5-4-6-17(19)15-25-14-16(12-20(25)27)13-24-10-11-26(22(29)21(24)28)18-7-2-1-3-8-18/h1-11,16H,12-15H2. The molecule has 1 aromatic heterocycles. The zero-order valence-corrected chi connectivity index (χ0v) is 15.7. The first kappa shape index (κ1) is 18.9. The van der Waals surface area contributed by atoms with E-state index in [9.17, 15) is 18.8 Å². The smallest absolute Gasteiger partial charge is 0.320 e. The summed E-state index contributed by atoms with van der Waals surface area (Å²) in [5.41, 5.74) is -0.180. The summed E-state index contributed by atoms with van der Waals surface area (Å²) in [6, 6.07) is 15.3. The van der Waals surface area contributed by atoms with Crippen LogP contribution in [-0.2, 0) is 17.9 Å². The van der Waals surface area contributed by atoms with Crippen molar-refractivity contribution in [3.8, 4) is 5.69 Å². The van der Waals surface area contributed by atoms with Crippen molar-refractivity contribution in [3.05, 3.63) is 99.1 Å². The molecule has 2 heterocycles. The first-order valence-electron chi connectivity index (χ1n) is 9.41. The zero-order chi connectivity index (χ0) is 20.4. The van der Waals surface area contributed by atoms with Gasteiger partial charge in [0.2, 0.25) is 5.91 Å². The molecule has 0 aliphatic carbocycles. The number of para-hydroxylation sites is 1. The van der Waals surface area contributed by atoms with Gasteiger partial charge in [-0.3, -0.25) is 19.0 Å². The van der Waals surface area contributed by atoms with Crippen molar-refractivity contribution < 1.29 is 9.18 Å². The van der Waals surface area contributed by atoms with Crippen LogP contribution in [0.2, 0.25) is 0 Å². The molecule has 1 fully saturated rings. The van der Waals surface area contributed by atoms with Crippen LogP contribution in [0, 0.1) is 11.7 Å². The summed E-state index contributed by atoms with van der Waals surface area (Å²) in [7, 11) is 0.